The molecular formula is C12H17NO. The fourth-order valence-electron chi connectivity index (χ4n) is 1.84. The first kappa shape index (κ1) is 9.53. The van der Waals surface area contributed by atoms with Gasteiger partial charge in [0, 0.05) is 12.1 Å². The van der Waals surface area contributed by atoms with E-state index in [1.807, 2.05) is 0 Å². The largest absolute Gasteiger partial charge is 0.464 e. The van der Waals surface area contributed by atoms with Crippen molar-refractivity contribution in [1.82, 2.24) is 0 Å². The Bertz CT molecular complexity index is 338. The molecule has 2 N–H and O–H groups in total. The Morgan fingerprint density at radius 3 is 3.00 bits per heavy atom. The van der Waals surface area contributed by atoms with Crippen LogP contribution in [0.15, 0.2) is 22.8 Å². The van der Waals surface area contributed by atoms with E-state index in [0.717, 1.165) is 23.7 Å². The maximum absolute atomic E-state index is 5.54. The van der Waals surface area contributed by atoms with Gasteiger partial charge in [-0.25, -0.2) is 0 Å². The molecule has 2 rings (SSSR count). The van der Waals surface area contributed by atoms with Gasteiger partial charge in [0.15, 0.2) is 0 Å². The van der Waals surface area contributed by atoms with E-state index in [9.17, 15) is 0 Å². The summed E-state index contributed by atoms with van der Waals surface area (Å²) in [5, 5.41) is 0. The van der Waals surface area contributed by atoms with Crippen molar-refractivity contribution in [2.24, 2.45) is 11.7 Å². The molecule has 1 aromatic heterocycles. The summed E-state index contributed by atoms with van der Waals surface area (Å²) in [4.78, 5) is 0. The molecule has 1 atom stereocenters. The molecule has 0 aliphatic heterocycles. The van der Waals surface area contributed by atoms with Crippen molar-refractivity contribution in [3.63, 3.8) is 0 Å². The monoisotopic (exact) mass is 191 g/mol. The summed E-state index contributed by atoms with van der Waals surface area (Å²) in [7, 11) is 0. The van der Waals surface area contributed by atoms with Crippen LogP contribution < -0.4 is 5.73 Å². The second kappa shape index (κ2) is 4.01. The van der Waals surface area contributed by atoms with Gasteiger partial charge in [-0.05, 0) is 36.8 Å². The predicted molar refractivity (Wildman–Crippen MR) is 57.6 cm³/mol. The SMILES string of the molecule is CC1CC=C(c2cc(CN)co2)CC1. The Hall–Kier alpha value is -1.02. The van der Waals surface area contributed by atoms with Gasteiger partial charge in [0.05, 0.1) is 6.26 Å². The standard InChI is InChI=1S/C12H17NO/c1-9-2-4-11(5-3-9)12-6-10(7-13)8-14-12/h4,6,8-9H,2-3,5,7,13H2,1H3. The van der Waals surface area contributed by atoms with Gasteiger partial charge >= 0.3 is 0 Å². The lowest BCUT2D eigenvalue weighted by Crippen LogP contribution is -2.00. The lowest BCUT2D eigenvalue weighted by atomic mass is 9.90. The molecular weight excluding hydrogens is 174 g/mol. The Morgan fingerprint density at radius 1 is 1.57 bits per heavy atom. The zero-order chi connectivity index (χ0) is 9.97. The van der Waals surface area contributed by atoms with Crippen LogP contribution in [0.3, 0.4) is 0 Å². The summed E-state index contributed by atoms with van der Waals surface area (Å²) in [5.41, 5.74) is 7.97. The van der Waals surface area contributed by atoms with Crippen molar-refractivity contribution in [1.29, 1.82) is 0 Å². The molecule has 0 amide bonds. The second-order valence-electron chi connectivity index (χ2n) is 4.13. The highest BCUT2D eigenvalue weighted by molar-refractivity contribution is 5.62. The molecule has 2 nitrogen and oxygen atoms in total. The minimum atomic E-state index is 0.563. The molecule has 0 fully saturated rings. The molecule has 2 heteroatoms. The molecule has 0 saturated heterocycles. The van der Waals surface area contributed by atoms with Crippen molar-refractivity contribution >= 4 is 5.57 Å². The Kier molecular flexibility index (Phi) is 2.73. The van der Waals surface area contributed by atoms with Crippen LogP contribution in [-0.4, -0.2) is 0 Å². The first-order chi connectivity index (χ1) is 6.79. The van der Waals surface area contributed by atoms with Crippen LogP contribution in [0, 0.1) is 5.92 Å². The molecule has 1 unspecified atom stereocenters. The van der Waals surface area contributed by atoms with Crippen molar-refractivity contribution in [3.05, 3.63) is 29.7 Å². The molecule has 14 heavy (non-hydrogen) atoms. The van der Waals surface area contributed by atoms with Crippen molar-refractivity contribution in [2.45, 2.75) is 32.7 Å². The van der Waals surface area contributed by atoms with Gasteiger partial charge in [-0.2, -0.15) is 0 Å². The lowest BCUT2D eigenvalue weighted by molar-refractivity contribution is 0.510. The van der Waals surface area contributed by atoms with Crippen LogP contribution >= 0.6 is 0 Å². The normalized spacial score (nSPS) is 22.1. The quantitative estimate of drug-likeness (QED) is 0.780. The van der Waals surface area contributed by atoms with E-state index in [4.69, 9.17) is 10.2 Å². The van der Waals surface area contributed by atoms with Crippen molar-refractivity contribution < 1.29 is 4.42 Å². The zero-order valence-electron chi connectivity index (χ0n) is 8.62. The highest BCUT2D eigenvalue weighted by Gasteiger charge is 2.13. The molecule has 1 aliphatic rings. The first-order valence-corrected chi connectivity index (χ1v) is 5.26. The highest BCUT2D eigenvalue weighted by atomic mass is 16.3. The van der Waals surface area contributed by atoms with Crippen LogP contribution in [-0.2, 0) is 6.54 Å². The van der Waals surface area contributed by atoms with Crippen LogP contribution in [0.1, 0.15) is 37.5 Å². The summed E-state index contributed by atoms with van der Waals surface area (Å²) in [5.74, 6) is 1.83. The van der Waals surface area contributed by atoms with E-state index in [2.05, 4.69) is 19.1 Å². The number of furan rings is 1. The third-order valence-corrected chi connectivity index (χ3v) is 2.88. The summed E-state index contributed by atoms with van der Waals surface area (Å²) < 4.78 is 5.48. The molecule has 0 bridgehead atoms. The van der Waals surface area contributed by atoms with E-state index in [1.54, 1.807) is 6.26 Å². The van der Waals surface area contributed by atoms with E-state index in [1.165, 1.54) is 18.4 Å². The molecule has 0 aromatic carbocycles. The molecule has 0 radical (unpaired) electrons. The van der Waals surface area contributed by atoms with Gasteiger partial charge in [0.1, 0.15) is 5.76 Å². The maximum Gasteiger partial charge on any atom is 0.129 e. The molecule has 1 aliphatic carbocycles. The Labute approximate surface area is 84.8 Å². The third kappa shape index (κ3) is 1.90. The van der Waals surface area contributed by atoms with E-state index in [-0.39, 0.29) is 0 Å². The van der Waals surface area contributed by atoms with Gasteiger partial charge < -0.3 is 10.2 Å². The highest BCUT2D eigenvalue weighted by Crippen LogP contribution is 2.30. The topological polar surface area (TPSA) is 39.2 Å². The van der Waals surface area contributed by atoms with Crippen molar-refractivity contribution in [2.75, 3.05) is 0 Å². The number of allylic oxidation sites excluding steroid dienone is 2. The second-order valence-corrected chi connectivity index (χ2v) is 4.13. The van der Waals surface area contributed by atoms with E-state index >= 15 is 0 Å². The number of rotatable bonds is 2. The van der Waals surface area contributed by atoms with Crippen LogP contribution in [0.5, 0.6) is 0 Å². The third-order valence-electron chi connectivity index (χ3n) is 2.88. The molecule has 1 aromatic rings. The van der Waals surface area contributed by atoms with Crippen LogP contribution in [0.4, 0.5) is 0 Å². The van der Waals surface area contributed by atoms with E-state index in [0.29, 0.717) is 6.54 Å². The van der Waals surface area contributed by atoms with Gasteiger partial charge in [0.25, 0.3) is 0 Å². The summed E-state index contributed by atoms with van der Waals surface area (Å²) in [6, 6.07) is 2.06. The lowest BCUT2D eigenvalue weighted by Gasteiger charge is -2.16. The van der Waals surface area contributed by atoms with Crippen LogP contribution in [0.2, 0.25) is 0 Å². The minimum Gasteiger partial charge on any atom is -0.464 e. The van der Waals surface area contributed by atoms with Gasteiger partial charge in [0.2, 0.25) is 0 Å². The van der Waals surface area contributed by atoms with Gasteiger partial charge in [-0.15, -0.1) is 0 Å². The number of nitrogens with two attached hydrogens (primary N) is 1. The van der Waals surface area contributed by atoms with E-state index < -0.39 is 0 Å². The smallest absolute Gasteiger partial charge is 0.129 e. The maximum atomic E-state index is 5.54. The van der Waals surface area contributed by atoms with Gasteiger partial charge in [-0.3, -0.25) is 0 Å². The van der Waals surface area contributed by atoms with Gasteiger partial charge in [-0.1, -0.05) is 13.0 Å². The minimum absolute atomic E-state index is 0.563. The summed E-state index contributed by atoms with van der Waals surface area (Å²) in [6.07, 6.45) is 7.64. The fourth-order valence-corrected chi connectivity index (χ4v) is 1.84. The molecule has 1 heterocycles. The van der Waals surface area contributed by atoms with Crippen LogP contribution in [0.25, 0.3) is 5.57 Å². The summed E-state index contributed by atoms with van der Waals surface area (Å²) >= 11 is 0. The Morgan fingerprint density at radius 2 is 2.43 bits per heavy atom. The number of hydrogen-bond acceptors (Lipinski definition) is 2. The average molecular weight is 191 g/mol. The predicted octanol–water partition coefficient (Wildman–Crippen LogP) is 2.94. The summed E-state index contributed by atoms with van der Waals surface area (Å²) in [6.45, 7) is 2.86. The van der Waals surface area contributed by atoms with Crippen molar-refractivity contribution in [3.8, 4) is 0 Å². The zero-order valence-corrected chi connectivity index (χ0v) is 8.62. The number of hydrogen-bond donors (Lipinski definition) is 1. The molecule has 0 saturated carbocycles. The fraction of sp³-hybridized carbons (Fsp3) is 0.500. The average Bonchev–Trinajstić information content (AvgIpc) is 2.67. The molecule has 0 spiro atoms. The Balaban J connectivity index is 2.15. The molecule has 76 valence electrons. The first-order valence-electron chi connectivity index (χ1n) is 5.26.